The molecule has 0 bridgehead atoms. The molecule has 0 unspecified atom stereocenters. The second-order valence-electron chi connectivity index (χ2n) is 2.77. The number of nitrogen functional groups attached to an aromatic ring is 1. The number of rotatable bonds is 2. The van der Waals surface area contributed by atoms with Crippen molar-refractivity contribution in [1.82, 2.24) is 15.0 Å². The number of hydrogen-bond acceptors (Lipinski definition) is 5. The van der Waals surface area contributed by atoms with Crippen LogP contribution in [-0.4, -0.2) is 15.0 Å². The Morgan fingerprint density at radius 2 is 2.36 bits per heavy atom. The number of thiophene rings is 1. The van der Waals surface area contributed by atoms with Crippen molar-refractivity contribution in [3.63, 3.8) is 0 Å². The summed E-state index contributed by atoms with van der Waals surface area (Å²) in [6.45, 7) is 0. The molecule has 6 heteroatoms. The van der Waals surface area contributed by atoms with Gasteiger partial charge in [-0.1, -0.05) is 0 Å². The van der Waals surface area contributed by atoms with E-state index in [0.717, 1.165) is 5.82 Å². The molecule has 0 fully saturated rings. The zero-order chi connectivity index (χ0) is 9.97. The lowest BCUT2D eigenvalue weighted by Gasteiger charge is -1.99. The summed E-state index contributed by atoms with van der Waals surface area (Å²) in [4.78, 5) is 10.8. The standard InChI is InChI=1S/C8H8N4S2/c9-7-10-6(11-8(13)12-7)3-5-1-2-14-4-5/h1-2,4H,3H2,(H3,9,10,11,12,13). The highest BCUT2D eigenvalue weighted by molar-refractivity contribution is 7.71. The van der Waals surface area contributed by atoms with Crippen molar-refractivity contribution >= 4 is 29.5 Å². The highest BCUT2D eigenvalue weighted by atomic mass is 32.1. The molecule has 0 saturated carbocycles. The van der Waals surface area contributed by atoms with E-state index in [9.17, 15) is 0 Å². The lowest BCUT2D eigenvalue weighted by molar-refractivity contribution is 0.918. The average molecular weight is 224 g/mol. The Morgan fingerprint density at radius 3 is 3.00 bits per heavy atom. The van der Waals surface area contributed by atoms with E-state index < -0.39 is 0 Å². The molecule has 2 rings (SSSR count). The Balaban J connectivity index is 2.29. The molecule has 0 aliphatic rings. The first-order chi connectivity index (χ1) is 6.74. The molecule has 2 heterocycles. The van der Waals surface area contributed by atoms with Gasteiger partial charge in [-0.3, -0.25) is 0 Å². The third kappa shape index (κ3) is 2.15. The Morgan fingerprint density at radius 1 is 1.50 bits per heavy atom. The zero-order valence-corrected chi connectivity index (χ0v) is 8.86. The Labute approximate surface area is 89.9 Å². The predicted molar refractivity (Wildman–Crippen MR) is 58.8 cm³/mol. The van der Waals surface area contributed by atoms with E-state index in [-0.39, 0.29) is 4.77 Å². The van der Waals surface area contributed by atoms with E-state index in [1.807, 2.05) is 11.4 Å². The zero-order valence-electron chi connectivity index (χ0n) is 7.23. The molecule has 0 amide bonds. The Kier molecular flexibility index (Phi) is 2.55. The van der Waals surface area contributed by atoms with E-state index in [2.05, 4.69) is 20.3 Å². The second-order valence-corrected chi connectivity index (χ2v) is 3.92. The number of H-pyrrole nitrogens is 1. The highest BCUT2D eigenvalue weighted by Gasteiger charge is 2.00. The van der Waals surface area contributed by atoms with Crippen LogP contribution in [0, 0.1) is 4.77 Å². The van der Waals surface area contributed by atoms with Crippen molar-refractivity contribution in [1.29, 1.82) is 0 Å². The SMILES string of the molecule is Nc1nc(=S)nc(Cc2ccsc2)[nH]1. The molecular formula is C8H8N4S2. The van der Waals surface area contributed by atoms with Crippen molar-refractivity contribution in [3.05, 3.63) is 33.0 Å². The maximum atomic E-state index is 5.52. The van der Waals surface area contributed by atoms with Crippen LogP contribution in [0.3, 0.4) is 0 Å². The summed E-state index contributed by atoms with van der Waals surface area (Å²) in [5.74, 6) is 1.07. The molecule has 3 N–H and O–H groups in total. The molecular weight excluding hydrogens is 216 g/mol. The molecule has 0 atom stereocenters. The van der Waals surface area contributed by atoms with Crippen LogP contribution in [0.25, 0.3) is 0 Å². The van der Waals surface area contributed by atoms with Gasteiger partial charge in [-0.25, -0.2) is 4.98 Å². The van der Waals surface area contributed by atoms with E-state index in [4.69, 9.17) is 18.0 Å². The van der Waals surface area contributed by atoms with Crippen LogP contribution in [-0.2, 0) is 6.42 Å². The summed E-state index contributed by atoms with van der Waals surface area (Å²) < 4.78 is 0.284. The van der Waals surface area contributed by atoms with E-state index in [1.54, 1.807) is 11.3 Å². The predicted octanol–water partition coefficient (Wildman–Crippen LogP) is 1.77. The van der Waals surface area contributed by atoms with Crippen molar-refractivity contribution in [2.75, 3.05) is 5.73 Å². The van der Waals surface area contributed by atoms with Gasteiger partial charge in [0.25, 0.3) is 0 Å². The van der Waals surface area contributed by atoms with Crippen LogP contribution in [0.1, 0.15) is 11.4 Å². The first-order valence-corrected chi connectivity index (χ1v) is 5.33. The topological polar surface area (TPSA) is 67.6 Å². The molecule has 0 aliphatic heterocycles. The number of nitrogens with two attached hydrogens (primary N) is 1. The molecule has 2 aromatic rings. The van der Waals surface area contributed by atoms with Gasteiger partial charge in [0, 0.05) is 6.42 Å². The number of hydrogen-bond donors (Lipinski definition) is 2. The first kappa shape index (κ1) is 9.29. The smallest absolute Gasteiger partial charge is 0.224 e. The summed E-state index contributed by atoms with van der Waals surface area (Å²) in [6.07, 6.45) is 0.708. The van der Waals surface area contributed by atoms with Crippen molar-refractivity contribution in [3.8, 4) is 0 Å². The van der Waals surface area contributed by atoms with E-state index in [0.29, 0.717) is 12.4 Å². The fraction of sp³-hybridized carbons (Fsp3) is 0.125. The normalized spacial score (nSPS) is 10.3. The number of anilines is 1. The van der Waals surface area contributed by atoms with Crippen LogP contribution in [0.4, 0.5) is 5.95 Å². The summed E-state index contributed by atoms with van der Waals surface area (Å²) >= 11 is 6.52. The quantitative estimate of drug-likeness (QED) is 0.763. The van der Waals surface area contributed by atoms with Crippen molar-refractivity contribution < 1.29 is 0 Å². The molecule has 0 aromatic carbocycles. The van der Waals surface area contributed by atoms with Crippen molar-refractivity contribution in [2.45, 2.75) is 6.42 Å². The number of nitrogens with one attached hydrogen (secondary N) is 1. The van der Waals surface area contributed by atoms with Gasteiger partial charge in [-0.2, -0.15) is 16.3 Å². The maximum Gasteiger partial charge on any atom is 0.224 e. The number of nitrogens with zero attached hydrogens (tertiary/aromatic N) is 2. The second kappa shape index (κ2) is 3.85. The van der Waals surface area contributed by atoms with Crippen LogP contribution in [0.15, 0.2) is 16.8 Å². The number of aromatic amines is 1. The minimum Gasteiger partial charge on any atom is -0.369 e. The summed E-state index contributed by atoms with van der Waals surface area (Å²) in [7, 11) is 0. The van der Waals surface area contributed by atoms with Gasteiger partial charge in [0.2, 0.25) is 10.7 Å². The lowest BCUT2D eigenvalue weighted by Crippen LogP contribution is -2.03. The minimum atomic E-state index is 0.284. The van der Waals surface area contributed by atoms with Crippen LogP contribution in [0.5, 0.6) is 0 Å². The molecule has 14 heavy (non-hydrogen) atoms. The molecule has 0 spiro atoms. The minimum absolute atomic E-state index is 0.284. The Bertz CT molecular complexity index is 474. The fourth-order valence-electron chi connectivity index (χ4n) is 1.12. The monoisotopic (exact) mass is 224 g/mol. The lowest BCUT2D eigenvalue weighted by atomic mass is 10.2. The number of aromatic nitrogens is 3. The van der Waals surface area contributed by atoms with Crippen LogP contribution >= 0.6 is 23.6 Å². The molecule has 4 nitrogen and oxygen atoms in total. The van der Waals surface area contributed by atoms with E-state index in [1.165, 1.54) is 5.56 Å². The van der Waals surface area contributed by atoms with Crippen molar-refractivity contribution in [2.24, 2.45) is 0 Å². The molecule has 0 radical (unpaired) electrons. The Hall–Kier alpha value is -1.27. The van der Waals surface area contributed by atoms with Gasteiger partial charge >= 0.3 is 0 Å². The fourth-order valence-corrected chi connectivity index (χ4v) is 1.99. The van der Waals surface area contributed by atoms with Gasteiger partial charge in [0.15, 0.2) is 0 Å². The largest absolute Gasteiger partial charge is 0.369 e. The first-order valence-electron chi connectivity index (χ1n) is 3.98. The third-order valence-electron chi connectivity index (χ3n) is 1.67. The van der Waals surface area contributed by atoms with Gasteiger partial charge in [-0.15, -0.1) is 0 Å². The van der Waals surface area contributed by atoms with Gasteiger partial charge in [-0.05, 0) is 34.6 Å². The van der Waals surface area contributed by atoms with E-state index >= 15 is 0 Å². The van der Waals surface area contributed by atoms with Crippen LogP contribution in [0.2, 0.25) is 0 Å². The summed E-state index contributed by atoms with van der Waals surface area (Å²) in [5.41, 5.74) is 6.71. The summed E-state index contributed by atoms with van der Waals surface area (Å²) in [6, 6.07) is 2.04. The molecule has 0 saturated heterocycles. The third-order valence-corrected chi connectivity index (χ3v) is 2.59. The van der Waals surface area contributed by atoms with Gasteiger partial charge in [0.05, 0.1) is 0 Å². The summed E-state index contributed by atoms with van der Waals surface area (Å²) in [5, 5.41) is 4.09. The molecule has 2 aromatic heterocycles. The maximum absolute atomic E-state index is 5.52. The van der Waals surface area contributed by atoms with Gasteiger partial charge in [0.1, 0.15) is 5.82 Å². The molecule has 0 aliphatic carbocycles. The van der Waals surface area contributed by atoms with Crippen LogP contribution < -0.4 is 5.73 Å². The molecule has 72 valence electrons. The average Bonchev–Trinajstić information content (AvgIpc) is 2.54. The highest BCUT2D eigenvalue weighted by Crippen LogP contribution is 2.09. The van der Waals surface area contributed by atoms with Gasteiger partial charge < -0.3 is 10.7 Å².